The monoisotopic (exact) mass is 416 g/mol. The van der Waals surface area contributed by atoms with Gasteiger partial charge in [-0.25, -0.2) is 17.9 Å². The molecule has 0 saturated heterocycles. The Bertz CT molecular complexity index is 1090. The van der Waals surface area contributed by atoms with Gasteiger partial charge in [0.15, 0.2) is 15.5 Å². The number of thioether (sulfide) groups is 1. The summed E-state index contributed by atoms with van der Waals surface area (Å²) in [5.41, 5.74) is 2.39. The van der Waals surface area contributed by atoms with Crippen molar-refractivity contribution in [3.05, 3.63) is 60.3 Å². The lowest BCUT2D eigenvalue weighted by molar-refractivity contribution is 0.0519. The molecule has 0 aliphatic rings. The molecule has 0 atom stereocenters. The molecular formula is C20H20N2O4S2. The van der Waals surface area contributed by atoms with Gasteiger partial charge >= 0.3 is 5.97 Å². The Labute approximate surface area is 168 Å². The SMILES string of the molecule is CCOC(=O)c1cc(-c2ccc(S(C)(=O)=O)cc2)n(-c2ccc(SC)cc2)n1. The smallest absolute Gasteiger partial charge is 0.358 e. The molecule has 0 spiro atoms. The van der Waals surface area contributed by atoms with Crippen LogP contribution in [0.25, 0.3) is 16.9 Å². The van der Waals surface area contributed by atoms with Gasteiger partial charge in [0.05, 0.1) is 22.9 Å². The number of hydrogen-bond donors (Lipinski definition) is 0. The number of rotatable bonds is 6. The first-order valence-corrected chi connectivity index (χ1v) is 11.7. The average Bonchev–Trinajstić information content (AvgIpc) is 3.13. The molecule has 0 fully saturated rings. The van der Waals surface area contributed by atoms with Crippen molar-refractivity contribution in [1.82, 2.24) is 9.78 Å². The first kappa shape index (κ1) is 20.2. The fourth-order valence-corrected chi connectivity index (χ4v) is 3.72. The molecule has 1 aromatic heterocycles. The highest BCUT2D eigenvalue weighted by Gasteiger charge is 2.18. The summed E-state index contributed by atoms with van der Waals surface area (Å²) >= 11 is 1.63. The van der Waals surface area contributed by atoms with Crippen molar-refractivity contribution < 1.29 is 17.9 Å². The second-order valence-corrected chi connectivity index (χ2v) is 8.94. The van der Waals surface area contributed by atoms with E-state index in [1.54, 1.807) is 53.7 Å². The molecular weight excluding hydrogens is 396 g/mol. The van der Waals surface area contributed by atoms with E-state index in [1.165, 1.54) is 6.26 Å². The molecule has 0 radical (unpaired) electrons. The Morgan fingerprint density at radius 3 is 2.29 bits per heavy atom. The average molecular weight is 417 g/mol. The van der Waals surface area contributed by atoms with Crippen LogP contribution in [0.5, 0.6) is 0 Å². The fraction of sp³-hybridized carbons (Fsp3) is 0.200. The highest BCUT2D eigenvalue weighted by molar-refractivity contribution is 7.98. The molecule has 8 heteroatoms. The van der Waals surface area contributed by atoms with E-state index in [9.17, 15) is 13.2 Å². The highest BCUT2D eigenvalue weighted by Crippen LogP contribution is 2.27. The van der Waals surface area contributed by atoms with Crippen LogP contribution >= 0.6 is 11.8 Å². The number of nitrogens with zero attached hydrogens (tertiary/aromatic N) is 2. The Morgan fingerprint density at radius 2 is 1.75 bits per heavy atom. The number of carbonyl (C=O) groups excluding carboxylic acids is 1. The second kappa shape index (κ2) is 8.20. The van der Waals surface area contributed by atoms with E-state index in [-0.39, 0.29) is 17.2 Å². The zero-order valence-corrected chi connectivity index (χ0v) is 17.4. The third kappa shape index (κ3) is 4.28. The normalized spacial score (nSPS) is 11.4. The summed E-state index contributed by atoms with van der Waals surface area (Å²) in [5.74, 6) is -0.504. The lowest BCUT2D eigenvalue weighted by Crippen LogP contribution is -2.06. The van der Waals surface area contributed by atoms with Crippen molar-refractivity contribution >= 4 is 27.6 Å². The maximum absolute atomic E-state index is 12.2. The second-order valence-electron chi connectivity index (χ2n) is 6.04. The standard InChI is InChI=1S/C20H20N2O4S2/c1-4-26-20(23)18-13-19(14-5-11-17(12-6-14)28(3,24)25)22(21-18)15-7-9-16(27-2)10-8-15/h5-13H,4H2,1-3H3. The van der Waals surface area contributed by atoms with Gasteiger partial charge in [-0.1, -0.05) is 12.1 Å². The molecule has 0 amide bonds. The Balaban J connectivity index is 2.11. The lowest BCUT2D eigenvalue weighted by Gasteiger charge is -2.09. The van der Waals surface area contributed by atoms with Crippen LogP contribution in [0.2, 0.25) is 0 Å². The van der Waals surface area contributed by atoms with E-state index in [0.717, 1.165) is 16.1 Å². The molecule has 0 aliphatic carbocycles. The van der Waals surface area contributed by atoms with Crippen LogP contribution in [0.15, 0.2) is 64.4 Å². The molecule has 146 valence electrons. The number of esters is 1. The number of hydrogen-bond acceptors (Lipinski definition) is 6. The van der Waals surface area contributed by atoms with Crippen molar-refractivity contribution in [2.24, 2.45) is 0 Å². The predicted molar refractivity (Wildman–Crippen MR) is 110 cm³/mol. The van der Waals surface area contributed by atoms with Crippen molar-refractivity contribution in [1.29, 1.82) is 0 Å². The third-order valence-electron chi connectivity index (χ3n) is 4.09. The molecule has 0 aliphatic heterocycles. The lowest BCUT2D eigenvalue weighted by atomic mass is 10.1. The summed E-state index contributed by atoms with van der Waals surface area (Å²) in [4.78, 5) is 13.5. The van der Waals surface area contributed by atoms with E-state index < -0.39 is 15.8 Å². The van der Waals surface area contributed by atoms with Crippen molar-refractivity contribution in [3.8, 4) is 16.9 Å². The van der Waals surface area contributed by atoms with Crippen molar-refractivity contribution in [2.45, 2.75) is 16.7 Å². The maximum Gasteiger partial charge on any atom is 0.358 e. The van der Waals surface area contributed by atoms with Crippen LogP contribution in [-0.4, -0.2) is 43.3 Å². The molecule has 28 heavy (non-hydrogen) atoms. The van der Waals surface area contributed by atoms with Gasteiger partial charge in [0.25, 0.3) is 0 Å². The summed E-state index contributed by atoms with van der Waals surface area (Å²) in [6.45, 7) is 1.99. The number of aromatic nitrogens is 2. The van der Waals surface area contributed by atoms with Gasteiger partial charge < -0.3 is 4.74 Å². The minimum Gasteiger partial charge on any atom is -0.461 e. The van der Waals surface area contributed by atoms with Crippen molar-refractivity contribution in [2.75, 3.05) is 19.1 Å². The number of sulfone groups is 1. The van der Waals surface area contributed by atoms with E-state index in [1.807, 2.05) is 30.5 Å². The molecule has 0 N–H and O–H groups in total. The van der Waals surface area contributed by atoms with Gasteiger partial charge in [-0.05, 0) is 55.6 Å². The van der Waals surface area contributed by atoms with E-state index in [2.05, 4.69) is 5.10 Å². The maximum atomic E-state index is 12.2. The highest BCUT2D eigenvalue weighted by atomic mass is 32.2. The van der Waals surface area contributed by atoms with E-state index >= 15 is 0 Å². The Kier molecular flexibility index (Phi) is 5.90. The quantitative estimate of drug-likeness (QED) is 0.449. The summed E-state index contributed by atoms with van der Waals surface area (Å²) in [7, 11) is -3.29. The first-order valence-electron chi connectivity index (χ1n) is 8.55. The Hall–Kier alpha value is -2.58. The van der Waals surface area contributed by atoms with Gasteiger partial charge in [-0.15, -0.1) is 11.8 Å². The third-order valence-corrected chi connectivity index (χ3v) is 5.96. The zero-order chi connectivity index (χ0) is 20.3. The first-order chi connectivity index (χ1) is 13.3. The number of benzene rings is 2. The molecule has 2 aromatic carbocycles. The number of ether oxygens (including phenoxy) is 1. The van der Waals surface area contributed by atoms with Crippen LogP contribution in [0, 0.1) is 0 Å². The van der Waals surface area contributed by atoms with Crippen molar-refractivity contribution in [3.63, 3.8) is 0 Å². The minimum absolute atomic E-state index is 0.193. The molecule has 0 saturated carbocycles. The minimum atomic E-state index is -3.29. The van der Waals surface area contributed by atoms with Gasteiger partial charge in [0, 0.05) is 16.7 Å². The van der Waals surface area contributed by atoms with Crippen LogP contribution < -0.4 is 0 Å². The van der Waals surface area contributed by atoms with Gasteiger partial charge in [-0.2, -0.15) is 5.10 Å². The Morgan fingerprint density at radius 1 is 1.11 bits per heavy atom. The van der Waals surface area contributed by atoms with Crippen LogP contribution in [-0.2, 0) is 14.6 Å². The largest absolute Gasteiger partial charge is 0.461 e. The topological polar surface area (TPSA) is 78.3 Å². The summed E-state index contributed by atoms with van der Waals surface area (Å²) in [6, 6.07) is 15.9. The molecule has 3 aromatic rings. The molecule has 0 bridgehead atoms. The van der Waals surface area contributed by atoms with Gasteiger partial charge in [0.1, 0.15) is 0 Å². The van der Waals surface area contributed by atoms with E-state index in [0.29, 0.717) is 5.69 Å². The van der Waals surface area contributed by atoms with Crippen LogP contribution in [0.3, 0.4) is 0 Å². The predicted octanol–water partition coefficient (Wildman–Crippen LogP) is 3.84. The summed E-state index contributed by atoms with van der Waals surface area (Å²) in [6.07, 6.45) is 3.16. The molecule has 0 unspecified atom stereocenters. The fourth-order valence-electron chi connectivity index (χ4n) is 2.68. The molecule has 1 heterocycles. The van der Waals surface area contributed by atoms with Gasteiger partial charge in [0.2, 0.25) is 0 Å². The van der Waals surface area contributed by atoms with Gasteiger partial charge in [-0.3, -0.25) is 0 Å². The summed E-state index contributed by atoms with van der Waals surface area (Å²) in [5, 5.41) is 4.42. The summed E-state index contributed by atoms with van der Waals surface area (Å²) < 4.78 is 30.2. The number of carbonyl (C=O) groups is 1. The zero-order valence-electron chi connectivity index (χ0n) is 15.7. The van der Waals surface area contributed by atoms with Crippen LogP contribution in [0.4, 0.5) is 0 Å². The molecule has 6 nitrogen and oxygen atoms in total. The van der Waals surface area contributed by atoms with E-state index in [4.69, 9.17) is 4.74 Å². The van der Waals surface area contributed by atoms with Crippen LogP contribution in [0.1, 0.15) is 17.4 Å². The molecule has 3 rings (SSSR count).